The number of para-hydroxylation sites is 2. The Morgan fingerprint density at radius 3 is 1.85 bits per heavy atom. The Bertz CT molecular complexity index is 3170. The van der Waals surface area contributed by atoms with Gasteiger partial charge < -0.3 is 9.80 Å². The van der Waals surface area contributed by atoms with Crippen molar-refractivity contribution >= 4 is 44.6 Å². The molecule has 0 radical (unpaired) electrons. The summed E-state index contributed by atoms with van der Waals surface area (Å²) in [6.07, 6.45) is 1.97. The Labute approximate surface area is 365 Å². The molecule has 0 spiro atoms. The standard InChI is InChI=1S/C58H52N4/c1-38-25-28-52-54(31-38)60(43-17-9-8-10-18-43)37-61(52)44-33-41(57(5,6)7)32-42(34-44)58(49-22-14-11-19-45(49)46-20-12-15-23-50(46)58)40-26-27-48-47-21-13-16-24-51(47)62(53(48)35-40)55-36-39(29-30-59-55)56(2,3)4/h8-36H,37H2,1-7H3. The number of hydrogen-bond acceptors (Lipinski definition) is 3. The molecule has 4 nitrogen and oxygen atoms in total. The molecule has 1 aliphatic carbocycles. The van der Waals surface area contributed by atoms with Gasteiger partial charge in [0.15, 0.2) is 0 Å². The van der Waals surface area contributed by atoms with Gasteiger partial charge in [-0.3, -0.25) is 4.57 Å². The van der Waals surface area contributed by atoms with Crippen LogP contribution >= 0.6 is 0 Å². The lowest BCUT2D eigenvalue weighted by Gasteiger charge is -2.36. The molecule has 0 N–H and O–H groups in total. The van der Waals surface area contributed by atoms with Gasteiger partial charge in [-0.25, -0.2) is 4.98 Å². The fourth-order valence-corrected chi connectivity index (χ4v) is 10.3. The first-order valence-corrected chi connectivity index (χ1v) is 22.0. The molecule has 7 aromatic carbocycles. The molecule has 0 fully saturated rings. The van der Waals surface area contributed by atoms with Crippen molar-refractivity contribution < 1.29 is 0 Å². The van der Waals surface area contributed by atoms with Crippen LogP contribution in [0, 0.1) is 6.92 Å². The molecular formula is C58H52N4. The monoisotopic (exact) mass is 804 g/mol. The second kappa shape index (κ2) is 13.8. The lowest BCUT2D eigenvalue weighted by atomic mass is 9.66. The van der Waals surface area contributed by atoms with Crippen LogP contribution in [0.5, 0.6) is 0 Å². The van der Waals surface area contributed by atoms with Crippen LogP contribution in [0.25, 0.3) is 38.8 Å². The molecule has 0 bridgehead atoms. The fraction of sp³-hybridized carbons (Fsp3) is 0.190. The number of nitrogens with zero attached hydrogens (tertiary/aromatic N) is 4. The quantitative estimate of drug-likeness (QED) is 0.173. The maximum Gasteiger partial charge on any atom is 0.137 e. The molecule has 0 unspecified atom stereocenters. The molecule has 11 rings (SSSR count). The van der Waals surface area contributed by atoms with E-state index in [4.69, 9.17) is 4.98 Å². The van der Waals surface area contributed by atoms with Crippen molar-refractivity contribution in [3.8, 4) is 16.9 Å². The van der Waals surface area contributed by atoms with Crippen LogP contribution in [0.1, 0.15) is 80.5 Å². The van der Waals surface area contributed by atoms with Crippen molar-refractivity contribution in [3.63, 3.8) is 0 Å². The molecule has 304 valence electrons. The third-order valence-electron chi connectivity index (χ3n) is 13.5. The van der Waals surface area contributed by atoms with E-state index in [0.29, 0.717) is 6.67 Å². The molecule has 2 aromatic heterocycles. The molecule has 0 saturated heterocycles. The van der Waals surface area contributed by atoms with Gasteiger partial charge in [-0.2, -0.15) is 0 Å². The van der Waals surface area contributed by atoms with Gasteiger partial charge in [0.25, 0.3) is 0 Å². The largest absolute Gasteiger partial charge is 0.321 e. The Kier molecular flexibility index (Phi) is 8.47. The van der Waals surface area contributed by atoms with Crippen LogP contribution in [0.15, 0.2) is 176 Å². The summed E-state index contributed by atoms with van der Waals surface area (Å²) in [5.74, 6) is 0.935. The molecule has 0 saturated carbocycles. The Hall–Kier alpha value is -6.91. The van der Waals surface area contributed by atoms with E-state index in [1.54, 1.807) is 0 Å². The van der Waals surface area contributed by atoms with Crippen molar-refractivity contribution in [1.82, 2.24) is 9.55 Å². The number of aryl methyl sites for hydroxylation is 1. The van der Waals surface area contributed by atoms with Crippen molar-refractivity contribution in [2.45, 2.75) is 64.7 Å². The summed E-state index contributed by atoms with van der Waals surface area (Å²) in [7, 11) is 0. The van der Waals surface area contributed by atoms with Gasteiger partial charge >= 0.3 is 0 Å². The van der Waals surface area contributed by atoms with Crippen LogP contribution < -0.4 is 9.80 Å². The van der Waals surface area contributed by atoms with Crippen LogP contribution in [0.3, 0.4) is 0 Å². The van der Waals surface area contributed by atoms with Crippen LogP contribution in [-0.2, 0) is 16.2 Å². The summed E-state index contributed by atoms with van der Waals surface area (Å²) in [5, 5.41) is 2.44. The normalized spacial score (nSPS) is 14.4. The lowest BCUT2D eigenvalue weighted by molar-refractivity contribution is 0.587. The summed E-state index contributed by atoms with van der Waals surface area (Å²) >= 11 is 0. The average Bonchev–Trinajstić information content (AvgIpc) is 3.92. The number of aromatic nitrogens is 2. The van der Waals surface area contributed by atoms with Crippen molar-refractivity contribution in [3.05, 3.63) is 215 Å². The Morgan fingerprint density at radius 2 is 1.13 bits per heavy atom. The van der Waals surface area contributed by atoms with Gasteiger partial charge in [0.1, 0.15) is 12.5 Å². The fourth-order valence-electron chi connectivity index (χ4n) is 10.3. The van der Waals surface area contributed by atoms with Gasteiger partial charge in [-0.15, -0.1) is 0 Å². The Balaban J connectivity index is 1.22. The number of benzene rings is 7. The predicted octanol–water partition coefficient (Wildman–Crippen LogP) is 14.7. The first-order valence-electron chi connectivity index (χ1n) is 22.0. The van der Waals surface area contributed by atoms with Gasteiger partial charge in [-0.1, -0.05) is 151 Å². The Morgan fingerprint density at radius 1 is 0.484 bits per heavy atom. The van der Waals surface area contributed by atoms with E-state index in [1.807, 2.05) is 6.20 Å². The summed E-state index contributed by atoms with van der Waals surface area (Å²) in [6.45, 7) is 16.8. The van der Waals surface area contributed by atoms with Crippen molar-refractivity contribution in [2.75, 3.05) is 16.5 Å². The van der Waals surface area contributed by atoms with Crippen molar-refractivity contribution in [2.24, 2.45) is 0 Å². The van der Waals surface area contributed by atoms with E-state index < -0.39 is 5.41 Å². The zero-order chi connectivity index (χ0) is 42.5. The van der Waals surface area contributed by atoms with E-state index in [0.717, 1.165) is 16.9 Å². The highest BCUT2D eigenvalue weighted by molar-refractivity contribution is 6.09. The first kappa shape index (κ1) is 38.0. The number of rotatable bonds is 5. The van der Waals surface area contributed by atoms with E-state index in [1.165, 1.54) is 83.6 Å². The van der Waals surface area contributed by atoms with Gasteiger partial charge in [-0.05, 0) is 128 Å². The van der Waals surface area contributed by atoms with Gasteiger partial charge in [0.05, 0.1) is 27.8 Å². The minimum atomic E-state index is -0.631. The minimum absolute atomic E-state index is 0.0223. The minimum Gasteiger partial charge on any atom is -0.321 e. The van der Waals surface area contributed by atoms with Crippen molar-refractivity contribution in [1.29, 1.82) is 0 Å². The van der Waals surface area contributed by atoms with Crippen LogP contribution in [0.4, 0.5) is 22.7 Å². The highest BCUT2D eigenvalue weighted by atomic mass is 15.4. The molecule has 4 heteroatoms. The second-order valence-electron chi connectivity index (χ2n) is 19.4. The maximum absolute atomic E-state index is 5.07. The highest BCUT2D eigenvalue weighted by Gasteiger charge is 2.47. The molecule has 1 aliphatic heterocycles. The zero-order valence-corrected chi connectivity index (χ0v) is 36.7. The number of hydrogen-bond donors (Lipinski definition) is 0. The number of anilines is 4. The van der Waals surface area contributed by atoms with Gasteiger partial charge in [0.2, 0.25) is 0 Å². The molecule has 2 aliphatic rings. The zero-order valence-electron chi connectivity index (χ0n) is 36.7. The van der Waals surface area contributed by atoms with E-state index >= 15 is 0 Å². The first-order chi connectivity index (χ1) is 29.9. The third kappa shape index (κ3) is 5.76. The molecule has 62 heavy (non-hydrogen) atoms. The summed E-state index contributed by atoms with van der Waals surface area (Å²) < 4.78 is 2.39. The molecule has 0 amide bonds. The summed E-state index contributed by atoms with van der Waals surface area (Å²) in [4.78, 5) is 10.0. The smallest absolute Gasteiger partial charge is 0.137 e. The third-order valence-corrected chi connectivity index (χ3v) is 13.5. The number of pyridine rings is 1. The lowest BCUT2D eigenvalue weighted by Crippen LogP contribution is -2.30. The van der Waals surface area contributed by atoms with Crippen LogP contribution in [0.2, 0.25) is 0 Å². The second-order valence-corrected chi connectivity index (χ2v) is 19.4. The van der Waals surface area contributed by atoms with Crippen LogP contribution in [-0.4, -0.2) is 16.2 Å². The topological polar surface area (TPSA) is 24.3 Å². The molecular weight excluding hydrogens is 753 g/mol. The molecule has 9 aromatic rings. The average molecular weight is 805 g/mol. The number of fused-ring (bicyclic) bond motifs is 7. The summed E-state index contributed by atoms with van der Waals surface area (Å²) in [6, 6.07) is 63.9. The SMILES string of the molecule is Cc1ccc2c(c1)N(c1ccccc1)CN2c1cc(C(C)(C)C)cc(C2(c3ccc4c5ccccc5n(-c5cc(C(C)(C)C)ccn5)c4c3)c3ccccc3-c3ccccc32)c1. The predicted molar refractivity (Wildman–Crippen MR) is 260 cm³/mol. The highest BCUT2D eigenvalue weighted by Crippen LogP contribution is 2.58. The van der Waals surface area contributed by atoms with E-state index in [9.17, 15) is 0 Å². The molecule has 3 heterocycles. The molecule has 0 atom stereocenters. The summed E-state index contributed by atoms with van der Waals surface area (Å²) in [5.41, 5.74) is 17.8. The van der Waals surface area contributed by atoms with E-state index in [2.05, 4.69) is 233 Å². The van der Waals surface area contributed by atoms with Gasteiger partial charge in [0, 0.05) is 28.3 Å². The van der Waals surface area contributed by atoms with E-state index in [-0.39, 0.29) is 10.8 Å². The maximum atomic E-state index is 5.07.